The quantitative estimate of drug-likeness (QED) is 0.687. The molecule has 0 aliphatic carbocycles. The molecule has 4 heterocycles. The van der Waals surface area contributed by atoms with Crippen molar-refractivity contribution in [3.8, 4) is 11.5 Å². The minimum Gasteiger partial charge on any atom is -0.493 e. The average Bonchev–Trinajstić information content (AvgIpc) is 2.93. The third-order valence-corrected chi connectivity index (χ3v) is 7.71. The number of carbonyl (C=O) groups is 2. The van der Waals surface area contributed by atoms with Crippen molar-refractivity contribution in [1.82, 2.24) is 20.1 Å². The molecule has 3 unspecified atom stereocenters. The van der Waals surface area contributed by atoms with Crippen LogP contribution in [0, 0.1) is 5.92 Å². The maximum atomic E-state index is 13.3. The Balaban J connectivity index is 1.28. The fraction of sp³-hybridized carbons (Fsp3) is 0.519. The van der Waals surface area contributed by atoms with Crippen LogP contribution in [0.15, 0.2) is 42.7 Å². The fourth-order valence-electron chi connectivity index (χ4n) is 5.85. The number of carbonyl (C=O) groups excluding carboxylic acids is 2. The molecule has 9 heteroatoms. The van der Waals surface area contributed by atoms with Gasteiger partial charge in [0.1, 0.15) is 6.61 Å². The number of nitrogens with one attached hydrogen (secondary N) is 1. The lowest BCUT2D eigenvalue weighted by Crippen LogP contribution is -2.62. The molecule has 0 radical (unpaired) electrons. The van der Waals surface area contributed by atoms with E-state index in [0.717, 1.165) is 19.3 Å². The summed E-state index contributed by atoms with van der Waals surface area (Å²) in [6.07, 6.45) is 6.20. The number of morpholine rings is 1. The zero-order chi connectivity index (χ0) is 25.1. The topological polar surface area (TPSA) is 93.2 Å². The zero-order valence-corrected chi connectivity index (χ0v) is 20.9. The van der Waals surface area contributed by atoms with Gasteiger partial charge in [0.25, 0.3) is 0 Å². The zero-order valence-electron chi connectivity index (χ0n) is 20.9. The molecule has 0 bridgehead atoms. The molecule has 192 valence electrons. The monoisotopic (exact) mass is 494 g/mol. The van der Waals surface area contributed by atoms with Gasteiger partial charge >= 0.3 is 6.03 Å². The molecule has 1 N–H and O–H groups in total. The van der Waals surface area contributed by atoms with E-state index in [1.54, 1.807) is 14.2 Å². The number of rotatable bonds is 5. The molecule has 5 rings (SSSR count). The molecule has 3 fully saturated rings. The molecular formula is C27H34N4O5. The molecule has 3 atom stereocenters. The molecule has 2 aromatic rings. The van der Waals surface area contributed by atoms with E-state index in [1.807, 2.05) is 28.3 Å². The minimum atomic E-state index is -0.123. The van der Waals surface area contributed by atoms with Crippen molar-refractivity contribution in [2.75, 3.05) is 47.0 Å². The van der Waals surface area contributed by atoms with Crippen LogP contribution >= 0.6 is 0 Å². The third-order valence-electron chi connectivity index (χ3n) is 7.71. The second-order valence-corrected chi connectivity index (χ2v) is 9.74. The molecule has 3 aliphatic heterocycles. The SMILES string of the molecule is COc1ccc(C(c2ccncc2)C2CCN(C(=O)N3CCC4OCC(=O)NC4C3)CC2)cc1OC. The first-order valence-corrected chi connectivity index (χ1v) is 12.6. The minimum absolute atomic E-state index is 0.0000877. The van der Waals surface area contributed by atoms with E-state index < -0.39 is 0 Å². The first-order chi connectivity index (χ1) is 17.6. The number of hydrogen-bond acceptors (Lipinski definition) is 6. The fourth-order valence-corrected chi connectivity index (χ4v) is 5.85. The number of pyridine rings is 1. The van der Waals surface area contributed by atoms with Crippen molar-refractivity contribution < 1.29 is 23.8 Å². The number of piperidine rings is 2. The average molecular weight is 495 g/mol. The third kappa shape index (κ3) is 4.97. The number of aromatic nitrogens is 1. The van der Waals surface area contributed by atoms with Gasteiger partial charge < -0.3 is 29.3 Å². The first kappa shape index (κ1) is 24.4. The number of benzene rings is 1. The molecule has 3 saturated heterocycles. The van der Waals surface area contributed by atoms with Gasteiger partial charge in [-0.3, -0.25) is 9.78 Å². The lowest BCUT2D eigenvalue weighted by Gasteiger charge is -2.44. The maximum absolute atomic E-state index is 13.3. The predicted octanol–water partition coefficient (Wildman–Crippen LogP) is 2.65. The number of urea groups is 1. The number of ether oxygens (including phenoxy) is 3. The summed E-state index contributed by atoms with van der Waals surface area (Å²) in [5, 5.41) is 2.98. The van der Waals surface area contributed by atoms with Crippen LogP contribution in [0.4, 0.5) is 4.79 Å². The van der Waals surface area contributed by atoms with E-state index in [1.165, 1.54) is 11.1 Å². The Morgan fingerprint density at radius 3 is 2.44 bits per heavy atom. The highest BCUT2D eigenvalue weighted by molar-refractivity contribution is 5.79. The van der Waals surface area contributed by atoms with Crippen LogP contribution in [0.5, 0.6) is 11.5 Å². The highest BCUT2D eigenvalue weighted by Crippen LogP contribution is 2.41. The summed E-state index contributed by atoms with van der Waals surface area (Å²) >= 11 is 0. The number of amides is 3. The Labute approximate surface area is 211 Å². The summed E-state index contributed by atoms with van der Waals surface area (Å²) in [5.41, 5.74) is 2.37. The second-order valence-electron chi connectivity index (χ2n) is 9.74. The largest absolute Gasteiger partial charge is 0.493 e. The normalized spacial score (nSPS) is 23.4. The molecule has 3 aliphatic rings. The standard InChI is InChI=1S/C27H34N4O5/c1-34-23-4-3-20(15-24(23)35-2)26(18-5-10-28-11-6-18)19-7-12-30(13-8-19)27(33)31-14-9-22-21(16-31)29-25(32)17-36-22/h3-6,10-11,15,19,21-22,26H,7-9,12-14,16-17H2,1-2H3,(H,29,32). The highest BCUT2D eigenvalue weighted by Gasteiger charge is 2.38. The molecular weight excluding hydrogens is 460 g/mol. The van der Waals surface area contributed by atoms with E-state index in [2.05, 4.69) is 34.6 Å². The van der Waals surface area contributed by atoms with E-state index >= 15 is 0 Å². The first-order valence-electron chi connectivity index (χ1n) is 12.6. The van der Waals surface area contributed by atoms with Crippen molar-refractivity contribution in [2.45, 2.75) is 37.3 Å². The second kappa shape index (κ2) is 10.7. The van der Waals surface area contributed by atoms with Gasteiger partial charge in [-0.25, -0.2) is 4.79 Å². The summed E-state index contributed by atoms with van der Waals surface area (Å²) in [6, 6.07) is 10.2. The molecule has 0 spiro atoms. The Hall–Kier alpha value is -3.33. The Morgan fingerprint density at radius 2 is 1.72 bits per heavy atom. The van der Waals surface area contributed by atoms with E-state index in [-0.39, 0.29) is 36.6 Å². The van der Waals surface area contributed by atoms with Crippen molar-refractivity contribution in [2.24, 2.45) is 5.92 Å². The molecule has 1 aromatic carbocycles. The van der Waals surface area contributed by atoms with Gasteiger partial charge in [-0.2, -0.15) is 0 Å². The number of likely N-dealkylation sites (tertiary alicyclic amines) is 2. The van der Waals surface area contributed by atoms with Crippen molar-refractivity contribution >= 4 is 11.9 Å². The van der Waals surface area contributed by atoms with Gasteiger partial charge in [0.05, 0.1) is 26.4 Å². The van der Waals surface area contributed by atoms with Crippen LogP contribution in [0.1, 0.15) is 36.3 Å². The van der Waals surface area contributed by atoms with Gasteiger partial charge in [0.15, 0.2) is 11.5 Å². The van der Waals surface area contributed by atoms with Gasteiger partial charge in [0, 0.05) is 44.5 Å². The molecule has 9 nitrogen and oxygen atoms in total. The number of hydrogen-bond donors (Lipinski definition) is 1. The predicted molar refractivity (Wildman–Crippen MR) is 133 cm³/mol. The van der Waals surface area contributed by atoms with Gasteiger partial charge in [-0.15, -0.1) is 0 Å². The van der Waals surface area contributed by atoms with Crippen LogP contribution in [0.25, 0.3) is 0 Å². The number of fused-ring (bicyclic) bond motifs is 1. The highest BCUT2D eigenvalue weighted by atomic mass is 16.5. The Kier molecular flexibility index (Phi) is 7.27. The number of methoxy groups -OCH3 is 2. The molecule has 1 aromatic heterocycles. The molecule has 36 heavy (non-hydrogen) atoms. The van der Waals surface area contributed by atoms with Crippen LogP contribution in [0.3, 0.4) is 0 Å². The summed E-state index contributed by atoms with van der Waals surface area (Å²) in [6.45, 7) is 2.67. The van der Waals surface area contributed by atoms with Gasteiger partial charge in [-0.1, -0.05) is 6.07 Å². The Morgan fingerprint density at radius 1 is 1.00 bits per heavy atom. The summed E-state index contributed by atoms with van der Waals surface area (Å²) in [4.78, 5) is 33.1. The lowest BCUT2D eigenvalue weighted by molar-refractivity contribution is -0.139. The van der Waals surface area contributed by atoms with Crippen LogP contribution in [-0.4, -0.2) is 85.9 Å². The van der Waals surface area contributed by atoms with Crippen LogP contribution in [-0.2, 0) is 9.53 Å². The van der Waals surface area contributed by atoms with E-state index in [0.29, 0.717) is 43.6 Å². The van der Waals surface area contributed by atoms with E-state index in [9.17, 15) is 9.59 Å². The van der Waals surface area contributed by atoms with Crippen molar-refractivity contribution in [3.05, 3.63) is 53.9 Å². The maximum Gasteiger partial charge on any atom is 0.320 e. The Bertz CT molecular complexity index is 1070. The van der Waals surface area contributed by atoms with Gasteiger partial charge in [0.2, 0.25) is 5.91 Å². The van der Waals surface area contributed by atoms with Gasteiger partial charge in [-0.05, 0) is 60.6 Å². The molecule has 3 amide bonds. The summed E-state index contributed by atoms with van der Waals surface area (Å²) in [7, 11) is 3.29. The van der Waals surface area contributed by atoms with Crippen LogP contribution < -0.4 is 14.8 Å². The summed E-state index contributed by atoms with van der Waals surface area (Å²) in [5.74, 6) is 1.84. The lowest BCUT2D eigenvalue weighted by atomic mass is 9.76. The summed E-state index contributed by atoms with van der Waals surface area (Å²) < 4.78 is 16.7. The molecule has 0 saturated carbocycles. The number of nitrogens with zero attached hydrogens (tertiary/aromatic N) is 3. The smallest absolute Gasteiger partial charge is 0.320 e. The van der Waals surface area contributed by atoms with Crippen molar-refractivity contribution in [1.29, 1.82) is 0 Å². The van der Waals surface area contributed by atoms with E-state index in [4.69, 9.17) is 14.2 Å². The van der Waals surface area contributed by atoms with Crippen molar-refractivity contribution in [3.63, 3.8) is 0 Å². The van der Waals surface area contributed by atoms with Crippen LogP contribution in [0.2, 0.25) is 0 Å².